The highest BCUT2D eigenvalue weighted by Gasteiger charge is 2.20. The molecular formula is C62H41N5. The van der Waals surface area contributed by atoms with Gasteiger partial charge in [0.25, 0.3) is 0 Å². The van der Waals surface area contributed by atoms with E-state index in [0.29, 0.717) is 5.82 Å². The Morgan fingerprint density at radius 2 is 0.761 bits per heavy atom. The Hall–Kier alpha value is -9.06. The van der Waals surface area contributed by atoms with Crippen molar-refractivity contribution in [1.29, 1.82) is 0 Å². The molecule has 0 atom stereocenters. The summed E-state index contributed by atoms with van der Waals surface area (Å²) in [4.78, 5) is 12.5. The minimum atomic E-state index is 0.666. The average molecular weight is 856 g/mol. The van der Waals surface area contributed by atoms with Crippen molar-refractivity contribution in [2.24, 2.45) is 0 Å². The normalized spacial score (nSPS) is 11.6. The summed E-state index contributed by atoms with van der Waals surface area (Å²) in [5.74, 6) is 0.666. The van der Waals surface area contributed by atoms with Crippen LogP contribution in [0.1, 0.15) is 0 Å². The van der Waals surface area contributed by atoms with Crippen molar-refractivity contribution in [3.8, 4) is 45.0 Å². The highest BCUT2D eigenvalue weighted by atomic mass is 15.2. The lowest BCUT2D eigenvalue weighted by molar-refractivity contribution is 1.14. The summed E-state index contributed by atoms with van der Waals surface area (Å²) < 4.78 is 4.69. The van der Waals surface area contributed by atoms with Gasteiger partial charge in [0.1, 0.15) is 0 Å². The topological polar surface area (TPSA) is 38.9 Å². The molecule has 0 aliphatic carbocycles. The van der Waals surface area contributed by atoms with E-state index < -0.39 is 0 Å². The Morgan fingerprint density at radius 3 is 1.37 bits per heavy atom. The number of hydrogen-bond acceptors (Lipinski definition) is 3. The molecule has 0 spiro atoms. The van der Waals surface area contributed by atoms with Gasteiger partial charge in [-0.1, -0.05) is 170 Å². The van der Waals surface area contributed by atoms with Gasteiger partial charge < -0.3 is 14.0 Å². The Kier molecular flexibility index (Phi) is 9.10. The first-order valence-corrected chi connectivity index (χ1v) is 22.7. The summed E-state index contributed by atoms with van der Waals surface area (Å²) in [6.07, 6.45) is 3.92. The maximum absolute atomic E-state index is 5.10. The molecule has 13 aromatic rings. The first-order valence-electron chi connectivity index (χ1n) is 22.7. The van der Waals surface area contributed by atoms with E-state index in [0.717, 1.165) is 56.0 Å². The summed E-state index contributed by atoms with van der Waals surface area (Å²) in [6.45, 7) is 0. The van der Waals surface area contributed by atoms with Crippen LogP contribution in [0.15, 0.2) is 249 Å². The minimum Gasteiger partial charge on any atom is -0.309 e. The second-order valence-corrected chi connectivity index (χ2v) is 17.0. The van der Waals surface area contributed by atoms with Crippen LogP contribution in [-0.4, -0.2) is 19.1 Å². The summed E-state index contributed by atoms with van der Waals surface area (Å²) in [7, 11) is 0. The van der Waals surface area contributed by atoms with Crippen LogP contribution in [0.5, 0.6) is 0 Å². The maximum Gasteiger partial charge on any atom is 0.159 e. The third-order valence-electron chi connectivity index (χ3n) is 13.2. The molecule has 0 aliphatic rings. The molecule has 10 aromatic carbocycles. The van der Waals surface area contributed by atoms with Crippen LogP contribution in [-0.2, 0) is 0 Å². The number of benzene rings is 10. The van der Waals surface area contributed by atoms with Crippen molar-refractivity contribution in [2.75, 3.05) is 4.90 Å². The molecule has 0 unspecified atom stereocenters. The van der Waals surface area contributed by atoms with Gasteiger partial charge in [0.15, 0.2) is 5.82 Å². The summed E-state index contributed by atoms with van der Waals surface area (Å²) in [5, 5.41) is 7.24. The number of para-hydroxylation sites is 4. The second kappa shape index (κ2) is 15.9. The predicted octanol–water partition coefficient (Wildman–Crippen LogP) is 16.3. The lowest BCUT2D eigenvalue weighted by Gasteiger charge is -2.27. The number of fused-ring (bicyclic) bond motifs is 7. The van der Waals surface area contributed by atoms with Crippen molar-refractivity contribution in [1.82, 2.24) is 19.1 Å². The number of rotatable bonds is 8. The number of anilines is 3. The van der Waals surface area contributed by atoms with Gasteiger partial charge in [0.2, 0.25) is 0 Å². The van der Waals surface area contributed by atoms with Crippen LogP contribution >= 0.6 is 0 Å². The number of nitrogens with zero attached hydrogens (tertiary/aromatic N) is 5. The van der Waals surface area contributed by atoms with Crippen molar-refractivity contribution in [3.63, 3.8) is 0 Å². The molecule has 3 aromatic heterocycles. The van der Waals surface area contributed by atoms with Crippen LogP contribution < -0.4 is 4.90 Å². The summed E-state index contributed by atoms with van der Waals surface area (Å²) in [6, 6.07) is 84.5. The molecule has 0 N–H and O–H groups in total. The van der Waals surface area contributed by atoms with Crippen molar-refractivity contribution in [2.45, 2.75) is 0 Å². The van der Waals surface area contributed by atoms with Crippen molar-refractivity contribution >= 4 is 71.4 Å². The highest BCUT2D eigenvalue weighted by molar-refractivity contribution is 6.11. The van der Waals surface area contributed by atoms with E-state index in [-0.39, 0.29) is 0 Å². The zero-order valence-corrected chi connectivity index (χ0v) is 36.4. The van der Waals surface area contributed by atoms with Gasteiger partial charge in [-0.2, -0.15) is 0 Å². The molecule has 5 nitrogen and oxygen atoms in total. The molecule has 0 fully saturated rings. The standard InChI is InChI=1S/C62H41N5/c1-3-15-44(16-4-1)50-37-38-60(52-20-8-7-19-51(50)52)65(47-32-27-42(28-33-47)43-29-34-48(35-30-43)66-57-24-12-9-21-53(57)54-22-10-13-25-58(54)66)49-40-63-62(64-41-49)45-31-36-56-55-23-11-14-26-59(55)67(61(56)39-45)46-17-5-2-6-18-46/h1-41H. The third kappa shape index (κ3) is 6.47. The van der Waals surface area contributed by atoms with E-state index in [1.54, 1.807) is 0 Å². The maximum atomic E-state index is 5.10. The molecule has 0 saturated heterocycles. The lowest BCUT2D eigenvalue weighted by atomic mass is 9.96. The third-order valence-corrected chi connectivity index (χ3v) is 13.2. The van der Waals surface area contributed by atoms with Gasteiger partial charge >= 0.3 is 0 Å². The molecule has 0 bridgehead atoms. The summed E-state index contributed by atoms with van der Waals surface area (Å²) >= 11 is 0. The Balaban J connectivity index is 0.899. The van der Waals surface area contributed by atoms with Crippen molar-refractivity contribution in [3.05, 3.63) is 249 Å². The van der Waals surface area contributed by atoms with E-state index in [2.05, 4.69) is 251 Å². The molecule has 13 rings (SSSR count). The Morgan fingerprint density at radius 1 is 0.299 bits per heavy atom. The molecule has 0 amide bonds. The summed E-state index contributed by atoms with van der Waals surface area (Å²) in [5.41, 5.74) is 15.5. The minimum absolute atomic E-state index is 0.666. The monoisotopic (exact) mass is 855 g/mol. The first kappa shape index (κ1) is 38.4. The highest BCUT2D eigenvalue weighted by Crippen LogP contribution is 2.43. The Bertz CT molecular complexity index is 3890. The van der Waals surface area contributed by atoms with Crippen LogP contribution in [0, 0.1) is 0 Å². The van der Waals surface area contributed by atoms with Gasteiger partial charge in [-0.25, -0.2) is 9.97 Å². The van der Waals surface area contributed by atoms with Gasteiger partial charge in [0, 0.05) is 49.6 Å². The molecule has 314 valence electrons. The van der Waals surface area contributed by atoms with Gasteiger partial charge in [0.05, 0.1) is 45.8 Å². The first-order chi connectivity index (χ1) is 33.2. The molecule has 67 heavy (non-hydrogen) atoms. The largest absolute Gasteiger partial charge is 0.309 e. The van der Waals surface area contributed by atoms with E-state index in [4.69, 9.17) is 9.97 Å². The average Bonchev–Trinajstić information content (AvgIpc) is 3.92. The smallest absolute Gasteiger partial charge is 0.159 e. The molecule has 3 heterocycles. The molecule has 0 saturated carbocycles. The van der Waals surface area contributed by atoms with Gasteiger partial charge in [-0.3, -0.25) is 0 Å². The van der Waals surface area contributed by atoms with Crippen LogP contribution in [0.3, 0.4) is 0 Å². The molecule has 0 radical (unpaired) electrons. The Labute approximate surface area is 387 Å². The lowest BCUT2D eigenvalue weighted by Crippen LogP contribution is -2.11. The van der Waals surface area contributed by atoms with Gasteiger partial charge in [-0.15, -0.1) is 0 Å². The zero-order chi connectivity index (χ0) is 44.3. The second-order valence-electron chi connectivity index (χ2n) is 17.0. The van der Waals surface area contributed by atoms with Crippen molar-refractivity contribution < 1.29 is 0 Å². The molecule has 0 aliphatic heterocycles. The van der Waals surface area contributed by atoms with Crippen LogP contribution in [0.4, 0.5) is 17.1 Å². The van der Waals surface area contributed by atoms with Gasteiger partial charge in [-0.05, 0) is 94.4 Å². The van der Waals surface area contributed by atoms with E-state index in [1.165, 1.54) is 54.6 Å². The predicted molar refractivity (Wildman–Crippen MR) is 279 cm³/mol. The zero-order valence-electron chi connectivity index (χ0n) is 36.4. The van der Waals surface area contributed by atoms with Crippen LogP contribution in [0.25, 0.3) is 99.4 Å². The fraction of sp³-hybridized carbons (Fsp3) is 0. The molecule has 5 heteroatoms. The van der Waals surface area contributed by atoms with E-state index in [1.807, 2.05) is 12.4 Å². The fourth-order valence-corrected chi connectivity index (χ4v) is 10.1. The van der Waals surface area contributed by atoms with E-state index in [9.17, 15) is 0 Å². The SMILES string of the molecule is c1ccc(-c2ccc(N(c3ccc(-c4ccc(-n5c6ccccc6c6ccccc65)cc4)cc3)c3cnc(-c4ccc5c6ccccc6n(-c6ccccc6)c5c4)nc3)c3ccccc23)cc1. The number of hydrogen-bond donors (Lipinski definition) is 0. The van der Waals surface area contributed by atoms with E-state index >= 15 is 0 Å². The number of aromatic nitrogens is 4. The quantitative estimate of drug-likeness (QED) is 0.153. The molecular weight excluding hydrogens is 815 g/mol. The fourth-order valence-electron chi connectivity index (χ4n) is 10.1. The van der Waals surface area contributed by atoms with Crippen LogP contribution in [0.2, 0.25) is 0 Å².